The molecule has 0 fully saturated rings. The van der Waals surface area contributed by atoms with Gasteiger partial charge in [-0.1, -0.05) is 19.9 Å². The van der Waals surface area contributed by atoms with Gasteiger partial charge in [-0.2, -0.15) is 0 Å². The molecule has 0 saturated carbocycles. The molecule has 0 heterocycles. The van der Waals surface area contributed by atoms with E-state index in [-0.39, 0.29) is 47.6 Å². The zero-order valence-electron chi connectivity index (χ0n) is 17.0. The Bertz CT molecular complexity index is 954. The lowest BCUT2D eigenvalue weighted by Crippen LogP contribution is -2.35. The van der Waals surface area contributed by atoms with Crippen molar-refractivity contribution in [2.75, 3.05) is 18.4 Å². The Balaban J connectivity index is 1.84. The van der Waals surface area contributed by atoms with Crippen LogP contribution in [0.25, 0.3) is 0 Å². The number of hydrogen-bond acceptors (Lipinski definition) is 5. The number of amides is 3. The molecule has 3 amide bonds. The fourth-order valence-corrected chi connectivity index (χ4v) is 2.61. The molecule has 0 aliphatic carbocycles. The summed E-state index contributed by atoms with van der Waals surface area (Å²) in [6, 6.07) is 10.8. The van der Waals surface area contributed by atoms with E-state index in [1.165, 1.54) is 25.1 Å². The quantitative estimate of drug-likeness (QED) is 0.349. The van der Waals surface area contributed by atoms with Gasteiger partial charge in [0.15, 0.2) is 0 Å². The van der Waals surface area contributed by atoms with Crippen molar-refractivity contribution in [2.45, 2.75) is 20.8 Å². The number of rotatable bonds is 8. The summed E-state index contributed by atoms with van der Waals surface area (Å²) >= 11 is 0. The van der Waals surface area contributed by atoms with Crippen molar-refractivity contribution in [3.05, 3.63) is 69.3 Å². The van der Waals surface area contributed by atoms with Crippen LogP contribution in [-0.2, 0) is 4.79 Å². The number of carbonyl (C=O) groups is 3. The van der Waals surface area contributed by atoms with Crippen LogP contribution in [0, 0.1) is 23.0 Å². The van der Waals surface area contributed by atoms with E-state index in [2.05, 4.69) is 16.0 Å². The van der Waals surface area contributed by atoms with Crippen molar-refractivity contribution in [3.8, 4) is 0 Å². The number of nitrogens with one attached hydrogen (secondary N) is 3. The first kappa shape index (κ1) is 22.5. The lowest BCUT2D eigenvalue weighted by molar-refractivity contribution is -0.385. The van der Waals surface area contributed by atoms with E-state index in [4.69, 9.17) is 0 Å². The molecule has 158 valence electrons. The van der Waals surface area contributed by atoms with Gasteiger partial charge in [0, 0.05) is 47.5 Å². The Kier molecular flexibility index (Phi) is 7.62. The zero-order valence-corrected chi connectivity index (χ0v) is 17.0. The van der Waals surface area contributed by atoms with Crippen LogP contribution < -0.4 is 16.0 Å². The highest BCUT2D eigenvalue weighted by Crippen LogP contribution is 2.20. The Morgan fingerprint density at radius 3 is 2.13 bits per heavy atom. The Morgan fingerprint density at radius 2 is 1.57 bits per heavy atom. The smallest absolute Gasteiger partial charge is 0.273 e. The molecule has 2 rings (SSSR count). The van der Waals surface area contributed by atoms with E-state index in [0.29, 0.717) is 11.3 Å². The van der Waals surface area contributed by atoms with Crippen LogP contribution >= 0.6 is 0 Å². The third-order valence-electron chi connectivity index (χ3n) is 4.38. The van der Waals surface area contributed by atoms with Gasteiger partial charge in [0.2, 0.25) is 5.91 Å². The minimum absolute atomic E-state index is 0.109. The average Bonchev–Trinajstić information content (AvgIpc) is 2.71. The maximum atomic E-state index is 12.2. The van der Waals surface area contributed by atoms with E-state index < -0.39 is 10.8 Å². The van der Waals surface area contributed by atoms with Crippen LogP contribution in [0.1, 0.15) is 40.1 Å². The van der Waals surface area contributed by atoms with E-state index in [1.807, 2.05) is 0 Å². The first-order valence-electron chi connectivity index (χ1n) is 9.42. The molecule has 3 N–H and O–H groups in total. The molecule has 0 aromatic heterocycles. The summed E-state index contributed by atoms with van der Waals surface area (Å²) in [5, 5.41) is 19.0. The van der Waals surface area contributed by atoms with Crippen molar-refractivity contribution in [2.24, 2.45) is 5.92 Å². The minimum Gasteiger partial charge on any atom is -0.350 e. The number of nitro benzene ring substituents is 1. The largest absolute Gasteiger partial charge is 0.350 e. The molecule has 0 spiro atoms. The number of benzene rings is 2. The van der Waals surface area contributed by atoms with E-state index in [0.717, 1.165) is 0 Å². The normalized spacial score (nSPS) is 10.4. The third kappa shape index (κ3) is 5.87. The summed E-state index contributed by atoms with van der Waals surface area (Å²) in [6.45, 7) is 5.44. The van der Waals surface area contributed by atoms with Crippen molar-refractivity contribution in [3.63, 3.8) is 0 Å². The molecule has 2 aromatic carbocycles. The van der Waals surface area contributed by atoms with E-state index in [9.17, 15) is 24.5 Å². The molecule has 9 heteroatoms. The lowest BCUT2D eigenvalue weighted by atomic mass is 10.1. The fourth-order valence-electron chi connectivity index (χ4n) is 2.61. The standard InChI is InChI=1S/C21H24N4O5/c1-13(2)19(26)24-16-9-7-15(8-10-16)20(27)22-11-12-23-21(28)17-5-4-6-18(14(17)3)25(29)30/h4-10,13H,11-12H2,1-3H3,(H,22,27)(H,23,28)(H,24,26). The first-order chi connectivity index (χ1) is 14.2. The van der Waals surface area contributed by atoms with Crippen LogP contribution in [-0.4, -0.2) is 35.7 Å². The molecule has 0 unspecified atom stereocenters. The highest BCUT2D eigenvalue weighted by molar-refractivity contribution is 5.97. The summed E-state index contributed by atoms with van der Waals surface area (Å²) in [5.74, 6) is -1.02. The number of nitrogens with zero attached hydrogens (tertiary/aromatic N) is 1. The SMILES string of the molecule is Cc1c(C(=O)NCCNC(=O)c2ccc(NC(=O)C(C)C)cc2)cccc1[N+](=O)[O-]. The highest BCUT2D eigenvalue weighted by Gasteiger charge is 2.17. The second kappa shape index (κ2) is 10.1. The predicted octanol–water partition coefficient (Wildman–Crippen LogP) is 2.66. The van der Waals surface area contributed by atoms with Gasteiger partial charge in [-0.3, -0.25) is 24.5 Å². The topological polar surface area (TPSA) is 130 Å². The molecule has 2 aromatic rings. The van der Waals surface area contributed by atoms with Gasteiger partial charge in [0.1, 0.15) is 0 Å². The minimum atomic E-state index is -0.536. The van der Waals surface area contributed by atoms with Crippen LogP contribution in [0.3, 0.4) is 0 Å². The first-order valence-corrected chi connectivity index (χ1v) is 9.42. The summed E-state index contributed by atoms with van der Waals surface area (Å²) in [4.78, 5) is 46.6. The fraction of sp³-hybridized carbons (Fsp3) is 0.286. The van der Waals surface area contributed by atoms with Crippen LogP contribution in [0.15, 0.2) is 42.5 Å². The number of hydrogen-bond donors (Lipinski definition) is 3. The second-order valence-corrected chi connectivity index (χ2v) is 6.94. The van der Waals surface area contributed by atoms with E-state index >= 15 is 0 Å². The van der Waals surface area contributed by atoms with Crippen molar-refractivity contribution >= 4 is 29.1 Å². The van der Waals surface area contributed by atoms with E-state index in [1.54, 1.807) is 38.1 Å². The maximum absolute atomic E-state index is 12.2. The predicted molar refractivity (Wildman–Crippen MR) is 112 cm³/mol. The zero-order chi connectivity index (χ0) is 22.3. The summed E-state index contributed by atoms with van der Waals surface area (Å²) < 4.78 is 0. The van der Waals surface area contributed by atoms with Gasteiger partial charge >= 0.3 is 0 Å². The molecule has 0 saturated heterocycles. The Morgan fingerprint density at radius 1 is 0.967 bits per heavy atom. The van der Waals surface area contributed by atoms with Gasteiger partial charge < -0.3 is 16.0 Å². The highest BCUT2D eigenvalue weighted by atomic mass is 16.6. The van der Waals surface area contributed by atoms with Gasteiger partial charge in [-0.05, 0) is 37.3 Å². The average molecular weight is 412 g/mol. The molecule has 0 aliphatic rings. The Labute approximate surface area is 174 Å². The maximum Gasteiger partial charge on any atom is 0.273 e. The van der Waals surface area contributed by atoms with Crippen molar-refractivity contribution in [1.29, 1.82) is 0 Å². The van der Waals surface area contributed by atoms with Crippen LogP contribution in [0.4, 0.5) is 11.4 Å². The van der Waals surface area contributed by atoms with Gasteiger partial charge in [-0.25, -0.2) is 0 Å². The number of nitro groups is 1. The van der Waals surface area contributed by atoms with Crippen molar-refractivity contribution in [1.82, 2.24) is 10.6 Å². The number of anilines is 1. The number of carbonyl (C=O) groups excluding carboxylic acids is 3. The molecular weight excluding hydrogens is 388 g/mol. The van der Waals surface area contributed by atoms with Crippen LogP contribution in [0.2, 0.25) is 0 Å². The Hall–Kier alpha value is -3.75. The molecule has 0 radical (unpaired) electrons. The lowest BCUT2D eigenvalue weighted by Gasteiger charge is -2.10. The van der Waals surface area contributed by atoms with Gasteiger partial charge in [0.05, 0.1) is 4.92 Å². The van der Waals surface area contributed by atoms with Crippen LogP contribution in [0.5, 0.6) is 0 Å². The monoisotopic (exact) mass is 412 g/mol. The second-order valence-electron chi connectivity index (χ2n) is 6.94. The molecule has 0 bridgehead atoms. The summed E-state index contributed by atoms with van der Waals surface area (Å²) in [7, 11) is 0. The molecular formula is C21H24N4O5. The third-order valence-corrected chi connectivity index (χ3v) is 4.38. The molecule has 30 heavy (non-hydrogen) atoms. The molecule has 0 aliphatic heterocycles. The summed E-state index contributed by atoms with van der Waals surface area (Å²) in [6.07, 6.45) is 0. The van der Waals surface area contributed by atoms with Gasteiger partial charge in [-0.15, -0.1) is 0 Å². The van der Waals surface area contributed by atoms with Crippen molar-refractivity contribution < 1.29 is 19.3 Å². The summed E-state index contributed by atoms with van der Waals surface area (Å²) in [5.41, 5.74) is 1.40. The van der Waals surface area contributed by atoms with Gasteiger partial charge in [0.25, 0.3) is 17.5 Å². The molecule has 0 atom stereocenters. The molecule has 9 nitrogen and oxygen atoms in total.